The van der Waals surface area contributed by atoms with Crippen molar-refractivity contribution in [2.75, 3.05) is 13.1 Å². The van der Waals surface area contributed by atoms with Gasteiger partial charge in [-0.2, -0.15) is 18.4 Å². The van der Waals surface area contributed by atoms with E-state index in [4.69, 9.17) is 5.26 Å². The van der Waals surface area contributed by atoms with E-state index in [-0.39, 0.29) is 5.56 Å². The van der Waals surface area contributed by atoms with Crippen LogP contribution < -0.4 is 5.32 Å². The normalized spacial score (nSPS) is 21.1. The zero-order chi connectivity index (χ0) is 14.4. The zero-order valence-corrected chi connectivity index (χ0v) is 10.9. The minimum absolute atomic E-state index is 0.269. The third-order valence-electron chi connectivity index (χ3n) is 4.48. The monoisotopic (exact) mass is 280 g/mol. The predicted molar refractivity (Wildman–Crippen MR) is 67.9 cm³/mol. The molecule has 106 valence electrons. The minimum Gasteiger partial charge on any atom is -0.316 e. The molecule has 2 aliphatic rings. The SMILES string of the molecule is N#Cc1cc(CC2CC3(CNC3)C2)ccc1C(F)(F)F. The molecule has 0 aromatic heterocycles. The molecule has 1 aromatic rings. The maximum absolute atomic E-state index is 12.7. The van der Waals surface area contributed by atoms with Crippen LogP contribution in [0, 0.1) is 22.7 Å². The number of halogens is 3. The summed E-state index contributed by atoms with van der Waals surface area (Å²) < 4.78 is 38.1. The molecule has 1 aliphatic heterocycles. The lowest BCUT2D eigenvalue weighted by Gasteiger charge is -2.54. The second-order valence-electron chi connectivity index (χ2n) is 6.07. The molecule has 20 heavy (non-hydrogen) atoms. The smallest absolute Gasteiger partial charge is 0.316 e. The fourth-order valence-corrected chi connectivity index (χ4v) is 3.47. The van der Waals surface area contributed by atoms with Crippen molar-refractivity contribution in [2.24, 2.45) is 11.3 Å². The molecule has 1 heterocycles. The Morgan fingerprint density at radius 1 is 1.30 bits per heavy atom. The summed E-state index contributed by atoms with van der Waals surface area (Å²) in [5, 5.41) is 12.1. The molecule has 5 heteroatoms. The number of alkyl halides is 3. The van der Waals surface area contributed by atoms with Gasteiger partial charge in [-0.25, -0.2) is 0 Å². The van der Waals surface area contributed by atoms with Crippen molar-refractivity contribution in [3.8, 4) is 6.07 Å². The fraction of sp³-hybridized carbons (Fsp3) is 0.533. The van der Waals surface area contributed by atoms with E-state index in [0.717, 1.165) is 44.0 Å². The maximum Gasteiger partial charge on any atom is 0.417 e. The first-order valence-corrected chi connectivity index (χ1v) is 6.73. The average Bonchev–Trinajstić information content (AvgIpc) is 2.29. The van der Waals surface area contributed by atoms with Gasteiger partial charge in [-0.15, -0.1) is 0 Å². The maximum atomic E-state index is 12.7. The van der Waals surface area contributed by atoms with Gasteiger partial charge in [-0.3, -0.25) is 0 Å². The number of hydrogen-bond donors (Lipinski definition) is 1. The van der Waals surface area contributed by atoms with Gasteiger partial charge in [-0.05, 0) is 48.3 Å². The lowest BCUT2D eigenvalue weighted by atomic mass is 9.57. The lowest BCUT2D eigenvalue weighted by Crippen LogP contribution is -2.60. The highest BCUT2D eigenvalue weighted by atomic mass is 19.4. The lowest BCUT2D eigenvalue weighted by molar-refractivity contribution is -0.137. The van der Waals surface area contributed by atoms with Crippen LogP contribution >= 0.6 is 0 Å². The van der Waals surface area contributed by atoms with Gasteiger partial charge in [0.25, 0.3) is 0 Å². The van der Waals surface area contributed by atoms with Gasteiger partial charge in [0, 0.05) is 13.1 Å². The molecule has 0 bridgehead atoms. The topological polar surface area (TPSA) is 35.8 Å². The van der Waals surface area contributed by atoms with Crippen LogP contribution in [0.4, 0.5) is 13.2 Å². The summed E-state index contributed by atoms with van der Waals surface area (Å²) in [6, 6.07) is 5.60. The van der Waals surface area contributed by atoms with Crippen molar-refractivity contribution in [1.29, 1.82) is 5.26 Å². The third kappa shape index (κ3) is 2.29. The van der Waals surface area contributed by atoms with Gasteiger partial charge in [0.05, 0.1) is 17.2 Å². The van der Waals surface area contributed by atoms with Crippen LogP contribution in [0.2, 0.25) is 0 Å². The zero-order valence-electron chi connectivity index (χ0n) is 10.9. The van der Waals surface area contributed by atoms with Crippen molar-refractivity contribution < 1.29 is 13.2 Å². The van der Waals surface area contributed by atoms with E-state index in [2.05, 4.69) is 5.32 Å². The van der Waals surface area contributed by atoms with Gasteiger partial charge >= 0.3 is 6.18 Å². The summed E-state index contributed by atoms with van der Waals surface area (Å²) in [7, 11) is 0. The molecule has 0 unspecified atom stereocenters. The molecule has 1 spiro atoms. The number of benzene rings is 1. The molecule has 2 fully saturated rings. The first-order valence-electron chi connectivity index (χ1n) is 6.73. The number of nitrogens with zero attached hydrogens (tertiary/aromatic N) is 1. The van der Waals surface area contributed by atoms with Crippen molar-refractivity contribution >= 4 is 0 Å². The molecular formula is C15H15F3N2. The van der Waals surface area contributed by atoms with E-state index in [0.29, 0.717) is 11.3 Å². The van der Waals surface area contributed by atoms with Crippen LogP contribution in [0.5, 0.6) is 0 Å². The summed E-state index contributed by atoms with van der Waals surface area (Å²) in [4.78, 5) is 0. The van der Waals surface area contributed by atoms with Crippen LogP contribution in [0.1, 0.15) is 29.5 Å². The van der Waals surface area contributed by atoms with E-state index >= 15 is 0 Å². The predicted octanol–water partition coefficient (Wildman–Crippen LogP) is 3.12. The average molecular weight is 280 g/mol. The van der Waals surface area contributed by atoms with Crippen molar-refractivity contribution in [3.05, 3.63) is 34.9 Å². The first kappa shape index (κ1) is 13.4. The van der Waals surface area contributed by atoms with Gasteiger partial charge in [0.2, 0.25) is 0 Å². The van der Waals surface area contributed by atoms with Gasteiger partial charge in [0.15, 0.2) is 0 Å². The second kappa shape index (κ2) is 4.49. The summed E-state index contributed by atoms with van der Waals surface area (Å²) in [5.74, 6) is 0.542. The van der Waals surface area contributed by atoms with Gasteiger partial charge in [-0.1, -0.05) is 6.07 Å². The van der Waals surface area contributed by atoms with Crippen molar-refractivity contribution in [2.45, 2.75) is 25.4 Å². The van der Waals surface area contributed by atoms with Crippen LogP contribution in [0.15, 0.2) is 18.2 Å². The molecule has 0 radical (unpaired) electrons. The van der Waals surface area contributed by atoms with E-state index < -0.39 is 11.7 Å². The van der Waals surface area contributed by atoms with Gasteiger partial charge in [0.1, 0.15) is 0 Å². The Morgan fingerprint density at radius 3 is 2.50 bits per heavy atom. The highest BCUT2D eigenvalue weighted by Gasteiger charge is 2.47. The van der Waals surface area contributed by atoms with E-state index in [9.17, 15) is 13.2 Å². The molecule has 0 atom stereocenters. The Hall–Kier alpha value is -1.54. The van der Waals surface area contributed by atoms with Crippen LogP contribution in [-0.2, 0) is 12.6 Å². The van der Waals surface area contributed by atoms with E-state index in [1.807, 2.05) is 0 Å². The molecule has 1 saturated carbocycles. The van der Waals surface area contributed by atoms with Crippen LogP contribution in [0.3, 0.4) is 0 Å². The molecule has 0 amide bonds. The Balaban J connectivity index is 1.71. The summed E-state index contributed by atoms with van der Waals surface area (Å²) in [5.41, 5.74) is 0.197. The molecule has 3 rings (SSSR count). The number of nitriles is 1. The first-order chi connectivity index (χ1) is 9.42. The van der Waals surface area contributed by atoms with E-state index in [1.54, 1.807) is 6.07 Å². The fourth-order valence-electron chi connectivity index (χ4n) is 3.47. The summed E-state index contributed by atoms with van der Waals surface area (Å²) >= 11 is 0. The molecular weight excluding hydrogens is 265 g/mol. The largest absolute Gasteiger partial charge is 0.417 e. The number of hydrogen-bond acceptors (Lipinski definition) is 2. The second-order valence-corrected chi connectivity index (χ2v) is 6.07. The van der Waals surface area contributed by atoms with Crippen molar-refractivity contribution in [1.82, 2.24) is 5.32 Å². The Labute approximate surface area is 115 Å². The van der Waals surface area contributed by atoms with E-state index in [1.165, 1.54) is 12.1 Å². The quantitative estimate of drug-likeness (QED) is 0.903. The highest BCUT2D eigenvalue weighted by molar-refractivity contribution is 5.42. The van der Waals surface area contributed by atoms with Crippen molar-refractivity contribution in [3.63, 3.8) is 0 Å². The molecule has 2 nitrogen and oxygen atoms in total. The van der Waals surface area contributed by atoms with Gasteiger partial charge < -0.3 is 5.32 Å². The third-order valence-corrected chi connectivity index (χ3v) is 4.48. The molecule has 1 aliphatic carbocycles. The van der Waals surface area contributed by atoms with Crippen LogP contribution in [-0.4, -0.2) is 13.1 Å². The van der Waals surface area contributed by atoms with Crippen LogP contribution in [0.25, 0.3) is 0 Å². The summed E-state index contributed by atoms with van der Waals surface area (Å²) in [6.45, 7) is 2.14. The Morgan fingerprint density at radius 2 is 2.00 bits per heavy atom. The summed E-state index contributed by atoms with van der Waals surface area (Å²) in [6.07, 6.45) is -1.40. The molecule has 1 N–H and O–H groups in total. The minimum atomic E-state index is -4.46. The Bertz CT molecular complexity index is 559. The number of rotatable bonds is 2. The highest BCUT2D eigenvalue weighted by Crippen LogP contribution is 2.49. The molecule has 1 saturated heterocycles. The Kier molecular flexibility index (Phi) is 3.02. The molecule has 1 aromatic carbocycles. The standard InChI is InChI=1S/C15H15F3N2/c16-15(17,18)13-2-1-10(4-12(13)7-19)3-11-5-14(6-11)8-20-9-14/h1-2,4,11,20H,3,5-6,8-9H2. The number of nitrogens with one attached hydrogen (secondary N) is 1.